The Bertz CT molecular complexity index is 834. The van der Waals surface area contributed by atoms with Crippen molar-refractivity contribution in [1.82, 2.24) is 9.97 Å². The summed E-state index contributed by atoms with van der Waals surface area (Å²) >= 11 is 0. The SMILES string of the molecule is CC(C)Nc1cc(Nc2cccc(CO)c2)nc(-c2ccccc2)n1. The summed E-state index contributed by atoms with van der Waals surface area (Å²) in [6.07, 6.45) is 0. The average molecular weight is 334 g/mol. The van der Waals surface area contributed by atoms with E-state index in [1.54, 1.807) is 0 Å². The van der Waals surface area contributed by atoms with E-state index < -0.39 is 0 Å². The molecule has 0 aliphatic heterocycles. The van der Waals surface area contributed by atoms with Crippen LogP contribution in [0.4, 0.5) is 17.3 Å². The van der Waals surface area contributed by atoms with E-state index in [1.807, 2.05) is 60.7 Å². The molecule has 0 aliphatic rings. The van der Waals surface area contributed by atoms with Crippen LogP contribution in [-0.2, 0) is 6.61 Å². The highest BCUT2D eigenvalue weighted by molar-refractivity contribution is 5.65. The molecule has 1 aromatic heterocycles. The normalized spacial score (nSPS) is 10.7. The molecule has 3 aromatic rings. The summed E-state index contributed by atoms with van der Waals surface area (Å²) in [4.78, 5) is 9.25. The third kappa shape index (κ3) is 4.55. The van der Waals surface area contributed by atoms with Crippen LogP contribution >= 0.6 is 0 Å². The first-order valence-corrected chi connectivity index (χ1v) is 8.32. The largest absolute Gasteiger partial charge is 0.392 e. The summed E-state index contributed by atoms with van der Waals surface area (Å²) in [6, 6.07) is 19.7. The Labute approximate surface area is 147 Å². The lowest BCUT2D eigenvalue weighted by Crippen LogP contribution is -2.12. The highest BCUT2D eigenvalue weighted by Crippen LogP contribution is 2.23. The van der Waals surface area contributed by atoms with Crippen LogP contribution in [0.15, 0.2) is 60.7 Å². The van der Waals surface area contributed by atoms with Gasteiger partial charge in [0.1, 0.15) is 11.6 Å². The Morgan fingerprint density at radius 3 is 2.40 bits per heavy atom. The van der Waals surface area contributed by atoms with E-state index in [2.05, 4.69) is 34.4 Å². The van der Waals surface area contributed by atoms with Crippen molar-refractivity contribution in [2.24, 2.45) is 0 Å². The smallest absolute Gasteiger partial charge is 0.163 e. The average Bonchev–Trinajstić information content (AvgIpc) is 2.62. The van der Waals surface area contributed by atoms with Crippen LogP contribution in [0.1, 0.15) is 19.4 Å². The predicted molar refractivity (Wildman–Crippen MR) is 102 cm³/mol. The third-order valence-electron chi connectivity index (χ3n) is 3.58. The molecule has 1 heterocycles. The van der Waals surface area contributed by atoms with Crippen molar-refractivity contribution in [3.63, 3.8) is 0 Å². The van der Waals surface area contributed by atoms with E-state index in [0.717, 1.165) is 22.6 Å². The Morgan fingerprint density at radius 1 is 0.920 bits per heavy atom. The summed E-state index contributed by atoms with van der Waals surface area (Å²) in [6.45, 7) is 4.15. The summed E-state index contributed by atoms with van der Waals surface area (Å²) in [5, 5.41) is 15.9. The Hall–Kier alpha value is -2.92. The van der Waals surface area contributed by atoms with Gasteiger partial charge in [-0.05, 0) is 31.5 Å². The van der Waals surface area contributed by atoms with Crippen molar-refractivity contribution in [3.8, 4) is 11.4 Å². The molecule has 0 fully saturated rings. The van der Waals surface area contributed by atoms with Crippen molar-refractivity contribution < 1.29 is 5.11 Å². The third-order valence-corrected chi connectivity index (χ3v) is 3.58. The van der Waals surface area contributed by atoms with E-state index in [4.69, 9.17) is 0 Å². The molecule has 0 atom stereocenters. The van der Waals surface area contributed by atoms with E-state index >= 15 is 0 Å². The number of aliphatic hydroxyl groups is 1. The zero-order valence-corrected chi connectivity index (χ0v) is 14.4. The first kappa shape index (κ1) is 16.9. The van der Waals surface area contributed by atoms with Gasteiger partial charge in [0.05, 0.1) is 6.61 Å². The van der Waals surface area contributed by atoms with Crippen LogP contribution in [0.5, 0.6) is 0 Å². The first-order chi connectivity index (χ1) is 12.1. The van der Waals surface area contributed by atoms with Gasteiger partial charge in [-0.25, -0.2) is 9.97 Å². The maximum absolute atomic E-state index is 9.30. The van der Waals surface area contributed by atoms with Gasteiger partial charge >= 0.3 is 0 Å². The summed E-state index contributed by atoms with van der Waals surface area (Å²) in [5.41, 5.74) is 2.68. The minimum absolute atomic E-state index is 0.00864. The Morgan fingerprint density at radius 2 is 1.68 bits per heavy atom. The first-order valence-electron chi connectivity index (χ1n) is 8.32. The zero-order chi connectivity index (χ0) is 17.6. The van der Waals surface area contributed by atoms with Gasteiger partial charge in [-0.1, -0.05) is 42.5 Å². The molecule has 0 aliphatic carbocycles. The second-order valence-corrected chi connectivity index (χ2v) is 6.11. The quantitative estimate of drug-likeness (QED) is 0.630. The van der Waals surface area contributed by atoms with Gasteiger partial charge in [-0.15, -0.1) is 0 Å². The summed E-state index contributed by atoms with van der Waals surface area (Å²) in [7, 11) is 0. The Balaban J connectivity index is 1.96. The van der Waals surface area contributed by atoms with Crippen molar-refractivity contribution >= 4 is 17.3 Å². The van der Waals surface area contributed by atoms with E-state index in [-0.39, 0.29) is 12.6 Å². The van der Waals surface area contributed by atoms with Gasteiger partial charge in [0.25, 0.3) is 0 Å². The lowest BCUT2D eigenvalue weighted by molar-refractivity contribution is 0.282. The number of hydrogen-bond donors (Lipinski definition) is 3. The molecular weight excluding hydrogens is 312 g/mol. The monoisotopic (exact) mass is 334 g/mol. The molecule has 0 spiro atoms. The highest BCUT2D eigenvalue weighted by Gasteiger charge is 2.08. The lowest BCUT2D eigenvalue weighted by Gasteiger charge is -2.14. The topological polar surface area (TPSA) is 70.1 Å². The van der Waals surface area contributed by atoms with Crippen LogP contribution in [0, 0.1) is 0 Å². The fourth-order valence-electron chi connectivity index (χ4n) is 2.49. The molecule has 5 heteroatoms. The molecule has 0 radical (unpaired) electrons. The predicted octanol–water partition coefficient (Wildman–Crippen LogP) is 4.20. The van der Waals surface area contributed by atoms with E-state index in [0.29, 0.717) is 11.6 Å². The number of anilines is 3. The van der Waals surface area contributed by atoms with Crippen LogP contribution in [0.3, 0.4) is 0 Å². The van der Waals surface area contributed by atoms with Crippen LogP contribution in [-0.4, -0.2) is 21.1 Å². The fraction of sp³-hybridized carbons (Fsp3) is 0.200. The number of aliphatic hydroxyl groups excluding tert-OH is 1. The number of aromatic nitrogens is 2. The summed E-state index contributed by atoms with van der Waals surface area (Å²) < 4.78 is 0. The van der Waals surface area contributed by atoms with Gasteiger partial charge in [0.2, 0.25) is 0 Å². The number of nitrogens with zero attached hydrogens (tertiary/aromatic N) is 2. The lowest BCUT2D eigenvalue weighted by atomic mass is 10.2. The van der Waals surface area contributed by atoms with Crippen LogP contribution in [0.25, 0.3) is 11.4 Å². The van der Waals surface area contributed by atoms with Crippen molar-refractivity contribution in [3.05, 3.63) is 66.2 Å². The van der Waals surface area contributed by atoms with Gasteiger partial charge < -0.3 is 15.7 Å². The molecule has 0 saturated carbocycles. The molecular formula is C20H22N4O. The molecule has 0 bridgehead atoms. The van der Waals surface area contributed by atoms with E-state index in [1.165, 1.54) is 0 Å². The number of benzene rings is 2. The minimum atomic E-state index is 0.00864. The molecule has 128 valence electrons. The molecule has 0 amide bonds. The van der Waals surface area contributed by atoms with Crippen LogP contribution < -0.4 is 10.6 Å². The standard InChI is InChI=1S/C20H22N4O/c1-14(2)21-18-12-19(22-17-10-6-7-15(11-17)13-25)24-20(23-18)16-8-4-3-5-9-16/h3-12,14,25H,13H2,1-2H3,(H2,21,22,23,24). The molecule has 3 rings (SSSR count). The molecule has 0 unspecified atom stereocenters. The fourth-order valence-corrected chi connectivity index (χ4v) is 2.49. The van der Waals surface area contributed by atoms with Gasteiger partial charge in [0.15, 0.2) is 5.82 Å². The maximum Gasteiger partial charge on any atom is 0.163 e. The van der Waals surface area contributed by atoms with E-state index in [9.17, 15) is 5.11 Å². The molecule has 0 saturated heterocycles. The Kier molecular flexibility index (Phi) is 5.26. The van der Waals surface area contributed by atoms with Crippen molar-refractivity contribution in [2.45, 2.75) is 26.5 Å². The maximum atomic E-state index is 9.30. The molecule has 5 nitrogen and oxygen atoms in total. The minimum Gasteiger partial charge on any atom is -0.392 e. The summed E-state index contributed by atoms with van der Waals surface area (Å²) in [5.74, 6) is 2.13. The number of nitrogens with one attached hydrogen (secondary N) is 2. The zero-order valence-electron chi connectivity index (χ0n) is 14.4. The second-order valence-electron chi connectivity index (χ2n) is 6.11. The van der Waals surface area contributed by atoms with Gasteiger partial charge in [0, 0.05) is 23.4 Å². The van der Waals surface area contributed by atoms with Crippen molar-refractivity contribution in [1.29, 1.82) is 0 Å². The molecule has 25 heavy (non-hydrogen) atoms. The van der Waals surface area contributed by atoms with Gasteiger partial charge in [-0.2, -0.15) is 0 Å². The van der Waals surface area contributed by atoms with Crippen molar-refractivity contribution in [2.75, 3.05) is 10.6 Å². The highest BCUT2D eigenvalue weighted by atomic mass is 16.3. The number of rotatable bonds is 6. The molecule has 3 N–H and O–H groups in total. The number of hydrogen-bond acceptors (Lipinski definition) is 5. The van der Waals surface area contributed by atoms with Crippen LogP contribution in [0.2, 0.25) is 0 Å². The van der Waals surface area contributed by atoms with Gasteiger partial charge in [-0.3, -0.25) is 0 Å². The molecule has 2 aromatic carbocycles. The second kappa shape index (κ2) is 7.77.